The molecule has 2 aromatic heterocycles. The number of hydrogen-bond donors (Lipinski definition) is 0. The summed E-state index contributed by atoms with van der Waals surface area (Å²) in [6.45, 7) is 7.17. The third kappa shape index (κ3) is 4.10. The number of benzene rings is 3. The van der Waals surface area contributed by atoms with Crippen LogP contribution in [0.5, 0.6) is 0 Å². The Labute approximate surface area is 216 Å². The van der Waals surface area contributed by atoms with Crippen molar-refractivity contribution in [1.82, 2.24) is 14.5 Å². The van der Waals surface area contributed by atoms with E-state index in [1.54, 1.807) is 6.33 Å². The Morgan fingerprint density at radius 1 is 0.861 bits per heavy atom. The first-order valence-electron chi connectivity index (χ1n) is 12.3. The predicted octanol–water partition coefficient (Wildman–Crippen LogP) is 6.76. The molecule has 0 N–H and O–H groups in total. The topological polar surface area (TPSA) is 37.2 Å². The fraction of sp³-hybridized carbons (Fsp3) is 0.200. The van der Waals surface area contributed by atoms with Crippen LogP contribution in [0.4, 0.5) is 11.5 Å². The van der Waals surface area contributed by atoms with E-state index in [1.165, 1.54) is 11.3 Å². The number of halogens is 1. The van der Waals surface area contributed by atoms with Crippen molar-refractivity contribution in [2.75, 3.05) is 29.4 Å². The second-order valence-corrected chi connectivity index (χ2v) is 9.91. The number of aromatic nitrogens is 3. The summed E-state index contributed by atoms with van der Waals surface area (Å²) in [4.78, 5) is 14.5. The number of rotatable bonds is 4. The van der Waals surface area contributed by atoms with Gasteiger partial charge >= 0.3 is 0 Å². The Morgan fingerprint density at radius 3 is 2.42 bits per heavy atom. The van der Waals surface area contributed by atoms with Gasteiger partial charge in [0.05, 0.1) is 5.39 Å². The zero-order valence-corrected chi connectivity index (χ0v) is 21.2. The van der Waals surface area contributed by atoms with Crippen LogP contribution in [0.3, 0.4) is 0 Å². The second kappa shape index (κ2) is 9.32. The maximum Gasteiger partial charge on any atom is 0.150 e. The van der Waals surface area contributed by atoms with Crippen LogP contribution >= 0.6 is 11.6 Å². The van der Waals surface area contributed by atoms with Gasteiger partial charge in [0.15, 0.2) is 5.65 Å². The third-order valence-corrected chi connectivity index (χ3v) is 7.26. The highest BCUT2D eigenvalue weighted by Crippen LogP contribution is 2.37. The van der Waals surface area contributed by atoms with Gasteiger partial charge in [-0.3, -0.25) is 0 Å². The van der Waals surface area contributed by atoms with Gasteiger partial charge in [0.1, 0.15) is 12.1 Å². The molecule has 1 fully saturated rings. The minimum absolute atomic E-state index is 0.351. The van der Waals surface area contributed by atoms with E-state index in [9.17, 15) is 0 Å². The van der Waals surface area contributed by atoms with Crippen LogP contribution in [-0.2, 0) is 0 Å². The van der Waals surface area contributed by atoms with Crippen molar-refractivity contribution in [3.63, 3.8) is 0 Å². The molecule has 36 heavy (non-hydrogen) atoms. The molecule has 3 heterocycles. The van der Waals surface area contributed by atoms with E-state index in [2.05, 4.69) is 82.9 Å². The summed E-state index contributed by atoms with van der Waals surface area (Å²) in [6, 6.07) is 27.5. The van der Waals surface area contributed by atoms with Crippen LogP contribution in [0, 0.1) is 6.92 Å². The number of nitrogens with zero attached hydrogens (tertiary/aromatic N) is 5. The van der Waals surface area contributed by atoms with Crippen LogP contribution in [0.2, 0.25) is 5.02 Å². The number of piperazine rings is 1. The first kappa shape index (κ1) is 22.6. The standard InChI is InChI=1S/C30H28ClN5/c1-21-7-6-10-26(17-21)35-16-15-34(18-22(35)2)29-28-27(23-8-4-3-5-9-23)19-36(30(28)33-20-32-29)25-13-11-24(31)12-14-25/h3-14,17,19-20,22H,15-16,18H2,1-2H3. The van der Waals surface area contributed by atoms with Gasteiger partial charge in [0.25, 0.3) is 0 Å². The van der Waals surface area contributed by atoms with Crippen molar-refractivity contribution in [1.29, 1.82) is 0 Å². The van der Waals surface area contributed by atoms with Gasteiger partial charge in [-0.2, -0.15) is 0 Å². The van der Waals surface area contributed by atoms with Crippen LogP contribution in [0.25, 0.3) is 27.8 Å². The SMILES string of the molecule is Cc1cccc(N2CCN(c3ncnc4c3c(-c3ccccc3)cn4-c3ccc(Cl)cc3)CC2C)c1. The molecule has 0 amide bonds. The van der Waals surface area contributed by atoms with Gasteiger partial charge in [-0.15, -0.1) is 0 Å². The highest BCUT2D eigenvalue weighted by molar-refractivity contribution is 6.30. The lowest BCUT2D eigenvalue weighted by molar-refractivity contribution is 0.548. The normalized spacial score (nSPS) is 16.0. The molecule has 180 valence electrons. The van der Waals surface area contributed by atoms with E-state index in [0.29, 0.717) is 11.1 Å². The summed E-state index contributed by atoms with van der Waals surface area (Å²) in [5.41, 5.74) is 6.77. The van der Waals surface area contributed by atoms with E-state index in [-0.39, 0.29) is 0 Å². The molecular weight excluding hydrogens is 466 g/mol. The Kier molecular flexibility index (Phi) is 5.86. The van der Waals surface area contributed by atoms with Crippen LogP contribution in [0.15, 0.2) is 91.4 Å². The van der Waals surface area contributed by atoms with Crippen molar-refractivity contribution in [2.45, 2.75) is 19.9 Å². The van der Waals surface area contributed by atoms with Crippen molar-refractivity contribution in [3.05, 3.63) is 102 Å². The van der Waals surface area contributed by atoms with Crippen LogP contribution in [-0.4, -0.2) is 40.2 Å². The summed E-state index contributed by atoms with van der Waals surface area (Å²) in [6.07, 6.45) is 3.87. The number of anilines is 2. The summed E-state index contributed by atoms with van der Waals surface area (Å²) in [5, 5.41) is 1.80. The summed E-state index contributed by atoms with van der Waals surface area (Å²) in [5.74, 6) is 0.988. The molecule has 1 aliphatic heterocycles. The maximum absolute atomic E-state index is 6.18. The fourth-order valence-corrected chi connectivity index (χ4v) is 5.39. The lowest BCUT2D eigenvalue weighted by Gasteiger charge is -2.42. The van der Waals surface area contributed by atoms with E-state index in [0.717, 1.165) is 53.3 Å². The van der Waals surface area contributed by atoms with E-state index in [4.69, 9.17) is 21.6 Å². The molecular formula is C30H28ClN5. The first-order chi connectivity index (χ1) is 17.6. The number of hydrogen-bond acceptors (Lipinski definition) is 4. The Balaban J connectivity index is 1.44. The molecule has 0 radical (unpaired) electrons. The number of fused-ring (bicyclic) bond motifs is 1. The third-order valence-electron chi connectivity index (χ3n) is 7.01. The van der Waals surface area contributed by atoms with Gasteiger partial charge < -0.3 is 14.4 Å². The van der Waals surface area contributed by atoms with Crippen molar-refractivity contribution in [2.24, 2.45) is 0 Å². The largest absolute Gasteiger partial charge is 0.365 e. The molecule has 1 aliphatic rings. The number of aryl methyl sites for hydroxylation is 1. The zero-order chi connectivity index (χ0) is 24.6. The quantitative estimate of drug-likeness (QED) is 0.277. The zero-order valence-electron chi connectivity index (χ0n) is 20.5. The molecule has 1 atom stereocenters. The molecule has 3 aromatic carbocycles. The summed E-state index contributed by atoms with van der Waals surface area (Å²) < 4.78 is 2.14. The van der Waals surface area contributed by atoms with E-state index in [1.807, 2.05) is 30.3 Å². The second-order valence-electron chi connectivity index (χ2n) is 9.48. The van der Waals surface area contributed by atoms with Crippen molar-refractivity contribution >= 4 is 34.1 Å². The Bertz CT molecular complexity index is 1510. The first-order valence-corrected chi connectivity index (χ1v) is 12.7. The van der Waals surface area contributed by atoms with Gasteiger partial charge in [0.2, 0.25) is 0 Å². The Morgan fingerprint density at radius 2 is 1.67 bits per heavy atom. The Hall–Kier alpha value is -3.83. The lowest BCUT2D eigenvalue weighted by Crippen LogP contribution is -2.52. The molecule has 5 aromatic rings. The average molecular weight is 494 g/mol. The molecule has 0 bridgehead atoms. The molecule has 6 rings (SSSR count). The van der Waals surface area contributed by atoms with Gasteiger partial charge in [-0.05, 0) is 61.4 Å². The molecule has 0 saturated carbocycles. The molecule has 5 nitrogen and oxygen atoms in total. The molecule has 0 spiro atoms. The van der Waals surface area contributed by atoms with Gasteiger partial charge in [-0.1, -0.05) is 54.1 Å². The van der Waals surface area contributed by atoms with Crippen LogP contribution in [0.1, 0.15) is 12.5 Å². The smallest absolute Gasteiger partial charge is 0.150 e. The van der Waals surface area contributed by atoms with E-state index < -0.39 is 0 Å². The monoisotopic (exact) mass is 493 g/mol. The molecule has 0 aliphatic carbocycles. The van der Waals surface area contributed by atoms with Gasteiger partial charge in [0, 0.05) is 53.8 Å². The van der Waals surface area contributed by atoms with E-state index >= 15 is 0 Å². The highest BCUT2D eigenvalue weighted by atomic mass is 35.5. The van der Waals surface area contributed by atoms with Gasteiger partial charge in [-0.25, -0.2) is 9.97 Å². The molecule has 1 saturated heterocycles. The average Bonchev–Trinajstić information content (AvgIpc) is 3.29. The molecule has 1 unspecified atom stereocenters. The summed E-state index contributed by atoms with van der Waals surface area (Å²) in [7, 11) is 0. The maximum atomic E-state index is 6.18. The minimum Gasteiger partial charge on any atom is -0.365 e. The van der Waals surface area contributed by atoms with Crippen molar-refractivity contribution in [3.8, 4) is 16.8 Å². The lowest BCUT2D eigenvalue weighted by atomic mass is 10.1. The molecule has 6 heteroatoms. The minimum atomic E-state index is 0.351. The van der Waals surface area contributed by atoms with Crippen LogP contribution < -0.4 is 9.80 Å². The highest BCUT2D eigenvalue weighted by Gasteiger charge is 2.28. The van der Waals surface area contributed by atoms with Crippen molar-refractivity contribution < 1.29 is 0 Å². The predicted molar refractivity (Wildman–Crippen MR) is 150 cm³/mol. The summed E-state index contributed by atoms with van der Waals surface area (Å²) >= 11 is 6.18. The fourth-order valence-electron chi connectivity index (χ4n) is 5.26.